The van der Waals surface area contributed by atoms with Gasteiger partial charge in [-0.1, -0.05) is 0 Å². The lowest BCUT2D eigenvalue weighted by molar-refractivity contribution is 0.0678. The Hall–Kier alpha value is -1.59. The van der Waals surface area contributed by atoms with Crippen molar-refractivity contribution in [3.63, 3.8) is 0 Å². The van der Waals surface area contributed by atoms with E-state index in [9.17, 15) is 9.90 Å². The molecule has 0 spiro atoms. The fourth-order valence-corrected chi connectivity index (χ4v) is 3.74. The number of aromatic nitrogens is 1. The Morgan fingerprint density at radius 1 is 1.33 bits per heavy atom. The van der Waals surface area contributed by atoms with Gasteiger partial charge in [-0.3, -0.25) is 0 Å². The van der Waals surface area contributed by atoms with Crippen LogP contribution in [-0.4, -0.2) is 40.2 Å². The topological polar surface area (TPSA) is 45.5 Å². The van der Waals surface area contributed by atoms with Crippen LogP contribution < -0.4 is 0 Å². The van der Waals surface area contributed by atoms with E-state index in [4.69, 9.17) is 0 Å². The molecule has 1 aliphatic heterocycles. The van der Waals surface area contributed by atoms with Crippen molar-refractivity contribution in [2.45, 2.75) is 25.3 Å². The molecule has 5 heteroatoms. The van der Waals surface area contributed by atoms with Crippen LogP contribution in [0.5, 0.6) is 0 Å². The first kappa shape index (κ1) is 14.4. The van der Waals surface area contributed by atoms with Crippen molar-refractivity contribution in [1.29, 1.82) is 0 Å². The van der Waals surface area contributed by atoms with Gasteiger partial charge in [-0.15, -0.1) is 0 Å². The number of likely N-dealkylation sites (tertiary alicyclic amines) is 1. The van der Waals surface area contributed by atoms with E-state index in [0.29, 0.717) is 11.7 Å². The van der Waals surface area contributed by atoms with Crippen LogP contribution in [0.2, 0.25) is 0 Å². The highest BCUT2D eigenvalue weighted by atomic mass is 32.1. The molecule has 21 heavy (non-hydrogen) atoms. The van der Waals surface area contributed by atoms with Gasteiger partial charge in [0.15, 0.2) is 0 Å². The minimum atomic E-state index is -0.833. The van der Waals surface area contributed by atoms with Crippen molar-refractivity contribution in [1.82, 2.24) is 9.47 Å². The van der Waals surface area contributed by atoms with Crippen molar-refractivity contribution in [2.75, 3.05) is 19.6 Å². The molecule has 3 heterocycles. The average Bonchev–Trinajstić information content (AvgIpc) is 3.17. The molecule has 0 atom stereocenters. The van der Waals surface area contributed by atoms with Crippen LogP contribution in [0.25, 0.3) is 0 Å². The molecule has 3 rings (SSSR count). The molecule has 0 radical (unpaired) electrons. The first-order valence-electron chi connectivity index (χ1n) is 7.37. The summed E-state index contributed by atoms with van der Waals surface area (Å²) >= 11 is 1.75. The number of thiophene rings is 1. The lowest BCUT2D eigenvalue weighted by atomic mass is 10.0. The van der Waals surface area contributed by atoms with E-state index in [2.05, 4.69) is 21.7 Å². The highest BCUT2D eigenvalue weighted by Gasteiger charge is 2.23. The van der Waals surface area contributed by atoms with Crippen LogP contribution in [0.1, 0.15) is 34.9 Å². The van der Waals surface area contributed by atoms with Gasteiger partial charge < -0.3 is 14.6 Å². The minimum Gasteiger partial charge on any atom is -0.477 e. The summed E-state index contributed by atoms with van der Waals surface area (Å²) in [5.41, 5.74) is 1.83. The smallest absolute Gasteiger partial charge is 0.352 e. The highest BCUT2D eigenvalue weighted by Crippen LogP contribution is 2.24. The number of rotatable bonds is 5. The minimum absolute atomic E-state index is 0.323. The number of carbonyl (C=O) groups is 1. The third-order valence-electron chi connectivity index (χ3n) is 4.25. The van der Waals surface area contributed by atoms with Gasteiger partial charge in [-0.25, -0.2) is 4.79 Å². The molecule has 0 amide bonds. The van der Waals surface area contributed by atoms with E-state index in [1.54, 1.807) is 17.4 Å². The van der Waals surface area contributed by atoms with Crippen LogP contribution in [0.4, 0.5) is 0 Å². The van der Waals surface area contributed by atoms with E-state index >= 15 is 0 Å². The average molecular weight is 304 g/mol. The van der Waals surface area contributed by atoms with Crippen molar-refractivity contribution >= 4 is 17.3 Å². The molecule has 0 aliphatic carbocycles. The van der Waals surface area contributed by atoms with Crippen molar-refractivity contribution < 1.29 is 9.90 Å². The Balaban J connectivity index is 1.53. The number of piperidine rings is 1. The van der Waals surface area contributed by atoms with Gasteiger partial charge in [-0.2, -0.15) is 11.3 Å². The summed E-state index contributed by atoms with van der Waals surface area (Å²) in [7, 11) is 0. The van der Waals surface area contributed by atoms with Crippen LogP contribution in [-0.2, 0) is 6.42 Å². The van der Waals surface area contributed by atoms with Crippen molar-refractivity contribution in [2.24, 2.45) is 0 Å². The molecule has 1 aliphatic rings. The Morgan fingerprint density at radius 2 is 2.14 bits per heavy atom. The second kappa shape index (κ2) is 6.45. The number of aromatic carboxylic acids is 1. The first-order valence-corrected chi connectivity index (χ1v) is 8.32. The van der Waals surface area contributed by atoms with Gasteiger partial charge >= 0.3 is 5.97 Å². The van der Waals surface area contributed by atoms with E-state index in [1.165, 1.54) is 5.56 Å². The summed E-state index contributed by atoms with van der Waals surface area (Å²) in [6, 6.07) is 6.03. The van der Waals surface area contributed by atoms with Gasteiger partial charge in [0, 0.05) is 31.9 Å². The molecular weight excluding hydrogens is 284 g/mol. The lowest BCUT2D eigenvalue weighted by Gasteiger charge is -2.33. The quantitative estimate of drug-likeness (QED) is 0.923. The van der Waals surface area contributed by atoms with Crippen molar-refractivity contribution in [3.05, 3.63) is 46.4 Å². The number of carboxylic acid groups (broad SMARTS) is 1. The standard InChI is InChI=1S/C16H20N2O2S/c19-16(20)15-2-1-7-18(15)14-4-9-17(10-5-14)8-3-13-6-11-21-12-13/h1-2,6-7,11-12,14H,3-5,8-10H2,(H,19,20). The number of hydrogen-bond acceptors (Lipinski definition) is 3. The largest absolute Gasteiger partial charge is 0.477 e. The van der Waals surface area contributed by atoms with Crippen LogP contribution in [0, 0.1) is 0 Å². The second-order valence-corrected chi connectivity index (χ2v) is 6.34. The Bertz CT molecular complexity index is 583. The van der Waals surface area contributed by atoms with Crippen LogP contribution >= 0.6 is 11.3 Å². The maximum Gasteiger partial charge on any atom is 0.352 e. The zero-order valence-electron chi connectivity index (χ0n) is 11.9. The predicted octanol–water partition coefficient (Wildman–Crippen LogP) is 3.13. The van der Waals surface area contributed by atoms with E-state index in [-0.39, 0.29) is 0 Å². The molecule has 112 valence electrons. The number of hydrogen-bond donors (Lipinski definition) is 1. The second-order valence-electron chi connectivity index (χ2n) is 5.56. The number of carboxylic acids is 1. The molecule has 0 saturated carbocycles. The molecule has 1 N–H and O–H groups in total. The Labute approximate surface area is 128 Å². The van der Waals surface area contributed by atoms with Gasteiger partial charge in [-0.05, 0) is 53.8 Å². The maximum atomic E-state index is 11.2. The summed E-state index contributed by atoms with van der Waals surface area (Å²) in [6.45, 7) is 3.19. The Kier molecular flexibility index (Phi) is 4.41. The normalized spacial score (nSPS) is 17.1. The lowest BCUT2D eigenvalue weighted by Crippen LogP contribution is -2.36. The summed E-state index contributed by atoms with van der Waals surface area (Å²) in [5.74, 6) is -0.833. The van der Waals surface area contributed by atoms with Crippen LogP contribution in [0.15, 0.2) is 35.2 Å². The number of nitrogens with zero attached hydrogens (tertiary/aromatic N) is 2. The van der Waals surface area contributed by atoms with Gasteiger partial charge in [0.05, 0.1) is 0 Å². The van der Waals surface area contributed by atoms with Gasteiger partial charge in [0.1, 0.15) is 5.69 Å². The molecular formula is C16H20N2O2S. The summed E-state index contributed by atoms with van der Waals surface area (Å²) < 4.78 is 1.93. The molecule has 0 unspecified atom stereocenters. The Morgan fingerprint density at radius 3 is 2.81 bits per heavy atom. The summed E-state index contributed by atoms with van der Waals surface area (Å²) in [4.78, 5) is 13.7. The third kappa shape index (κ3) is 3.36. The molecule has 0 aromatic carbocycles. The fourth-order valence-electron chi connectivity index (χ4n) is 3.04. The predicted molar refractivity (Wildman–Crippen MR) is 84.1 cm³/mol. The maximum absolute atomic E-state index is 11.2. The molecule has 0 bridgehead atoms. The van der Waals surface area contributed by atoms with Crippen molar-refractivity contribution in [3.8, 4) is 0 Å². The molecule has 1 fully saturated rings. The van der Waals surface area contributed by atoms with Crippen LogP contribution in [0.3, 0.4) is 0 Å². The summed E-state index contributed by atoms with van der Waals surface area (Å²) in [6.07, 6.45) is 5.06. The monoisotopic (exact) mass is 304 g/mol. The molecule has 2 aromatic heterocycles. The molecule has 1 saturated heterocycles. The van der Waals surface area contributed by atoms with Gasteiger partial charge in [0.2, 0.25) is 0 Å². The molecule has 2 aromatic rings. The first-order chi connectivity index (χ1) is 10.2. The zero-order valence-corrected chi connectivity index (χ0v) is 12.8. The molecule has 4 nitrogen and oxygen atoms in total. The fraction of sp³-hybridized carbons (Fsp3) is 0.438. The van der Waals surface area contributed by atoms with Gasteiger partial charge in [0.25, 0.3) is 0 Å². The van der Waals surface area contributed by atoms with E-state index in [1.807, 2.05) is 16.8 Å². The van der Waals surface area contributed by atoms with E-state index < -0.39 is 5.97 Å². The highest BCUT2D eigenvalue weighted by molar-refractivity contribution is 7.07. The zero-order chi connectivity index (χ0) is 14.7. The third-order valence-corrected chi connectivity index (χ3v) is 4.98. The summed E-state index contributed by atoms with van der Waals surface area (Å²) in [5, 5.41) is 13.5. The SMILES string of the molecule is O=C(O)c1cccn1C1CCN(CCc2ccsc2)CC1. The van der Waals surface area contributed by atoms with E-state index in [0.717, 1.165) is 38.9 Å².